The van der Waals surface area contributed by atoms with Crippen molar-refractivity contribution < 1.29 is 18.8 Å². The molecule has 0 saturated heterocycles. The molecule has 2 aromatic carbocycles. The predicted octanol–water partition coefficient (Wildman–Crippen LogP) is 4.13. The zero-order valence-corrected chi connectivity index (χ0v) is 17.9. The SMILES string of the molecule is C[C@@H](n1nc([N+](=O)[O-])cc1-c1ccc(Cl)cc1)[C@](O)(Cn1cncn1)c1ccc(F)cc1F. The molecule has 4 rings (SSSR count). The lowest BCUT2D eigenvalue weighted by Crippen LogP contribution is -2.41. The van der Waals surface area contributed by atoms with Gasteiger partial charge in [0.1, 0.15) is 35.9 Å². The molecule has 0 aliphatic rings. The van der Waals surface area contributed by atoms with Gasteiger partial charge in [-0.05, 0) is 30.0 Å². The van der Waals surface area contributed by atoms with Crippen LogP contribution >= 0.6 is 11.6 Å². The van der Waals surface area contributed by atoms with E-state index in [0.717, 1.165) is 12.1 Å². The number of nitrogens with zero attached hydrogens (tertiary/aromatic N) is 6. The molecule has 12 heteroatoms. The van der Waals surface area contributed by atoms with E-state index in [1.807, 2.05) is 0 Å². The second kappa shape index (κ2) is 8.68. The second-order valence-electron chi connectivity index (χ2n) is 7.41. The van der Waals surface area contributed by atoms with E-state index in [2.05, 4.69) is 15.2 Å². The average Bonchev–Trinajstić information content (AvgIpc) is 3.43. The molecule has 0 radical (unpaired) electrons. The standard InChI is InChI=1S/C21H17ClF2N6O3/c1-13(29-19(9-20(27-29)30(32)33)14-2-4-15(22)5-3-14)21(31,10-28-12-25-11-26-28)17-7-6-16(23)8-18(17)24/h2-9,11-13,31H,10H2,1H3/t13-,21-/m1/s1. The first kappa shape index (κ1) is 22.5. The highest BCUT2D eigenvalue weighted by atomic mass is 35.5. The molecule has 0 aliphatic carbocycles. The van der Waals surface area contributed by atoms with Gasteiger partial charge in [0.05, 0.1) is 23.4 Å². The molecule has 0 unspecified atom stereocenters. The number of hydrogen-bond donors (Lipinski definition) is 1. The van der Waals surface area contributed by atoms with Gasteiger partial charge in [0, 0.05) is 22.2 Å². The Labute approximate surface area is 191 Å². The number of aliphatic hydroxyl groups is 1. The monoisotopic (exact) mass is 474 g/mol. The van der Waals surface area contributed by atoms with Gasteiger partial charge in [-0.15, -0.1) is 0 Å². The molecule has 4 aromatic rings. The first-order chi connectivity index (χ1) is 15.7. The first-order valence-electron chi connectivity index (χ1n) is 9.69. The highest BCUT2D eigenvalue weighted by molar-refractivity contribution is 6.30. The minimum Gasteiger partial charge on any atom is -0.381 e. The smallest absolute Gasteiger partial charge is 0.381 e. The molecule has 0 amide bonds. The molecule has 0 bridgehead atoms. The lowest BCUT2D eigenvalue weighted by atomic mass is 9.86. The number of hydrogen-bond acceptors (Lipinski definition) is 6. The minimum absolute atomic E-state index is 0.230. The number of nitro groups is 1. The van der Waals surface area contributed by atoms with E-state index in [1.165, 1.54) is 35.0 Å². The van der Waals surface area contributed by atoms with Crippen molar-refractivity contribution >= 4 is 17.4 Å². The van der Waals surface area contributed by atoms with E-state index in [4.69, 9.17) is 11.6 Å². The van der Waals surface area contributed by atoms with E-state index in [9.17, 15) is 24.0 Å². The van der Waals surface area contributed by atoms with Crippen molar-refractivity contribution in [1.82, 2.24) is 24.5 Å². The van der Waals surface area contributed by atoms with Gasteiger partial charge >= 0.3 is 5.82 Å². The minimum atomic E-state index is -2.05. The highest BCUT2D eigenvalue weighted by Gasteiger charge is 2.43. The van der Waals surface area contributed by atoms with Crippen LogP contribution in [0.1, 0.15) is 18.5 Å². The van der Waals surface area contributed by atoms with E-state index in [0.29, 0.717) is 22.3 Å². The zero-order chi connectivity index (χ0) is 23.8. The number of aromatic nitrogens is 5. The molecule has 0 spiro atoms. The zero-order valence-electron chi connectivity index (χ0n) is 17.1. The van der Waals surface area contributed by atoms with Crippen LogP contribution in [0.5, 0.6) is 0 Å². The maximum absolute atomic E-state index is 14.9. The summed E-state index contributed by atoms with van der Waals surface area (Å²) >= 11 is 5.96. The molecule has 170 valence electrons. The molecular weight excluding hydrogens is 458 g/mol. The lowest BCUT2D eigenvalue weighted by Gasteiger charge is -2.34. The summed E-state index contributed by atoms with van der Waals surface area (Å²) < 4.78 is 31.0. The molecule has 0 fully saturated rings. The third-order valence-electron chi connectivity index (χ3n) is 5.38. The molecule has 9 nitrogen and oxygen atoms in total. The number of rotatable bonds is 7. The Kier molecular flexibility index (Phi) is 5.91. The summed E-state index contributed by atoms with van der Waals surface area (Å²) in [6.07, 6.45) is 2.56. The van der Waals surface area contributed by atoms with Gasteiger partial charge in [-0.1, -0.05) is 29.8 Å². The molecule has 2 atom stereocenters. The predicted molar refractivity (Wildman–Crippen MR) is 114 cm³/mol. The summed E-state index contributed by atoms with van der Waals surface area (Å²) in [5, 5.41) is 31.8. The second-order valence-corrected chi connectivity index (χ2v) is 7.85. The van der Waals surface area contributed by atoms with Crippen LogP contribution in [0.2, 0.25) is 5.02 Å². The van der Waals surface area contributed by atoms with Crippen LogP contribution in [0.25, 0.3) is 11.3 Å². The molecule has 2 aromatic heterocycles. The summed E-state index contributed by atoms with van der Waals surface area (Å²) in [6, 6.07) is 9.46. The quantitative estimate of drug-likeness (QED) is 0.318. The van der Waals surface area contributed by atoms with Crippen LogP contribution in [0.4, 0.5) is 14.6 Å². The van der Waals surface area contributed by atoms with Gasteiger partial charge in [0.15, 0.2) is 0 Å². The van der Waals surface area contributed by atoms with Crippen molar-refractivity contribution in [1.29, 1.82) is 0 Å². The van der Waals surface area contributed by atoms with E-state index < -0.39 is 34.0 Å². The Morgan fingerprint density at radius 3 is 2.55 bits per heavy atom. The van der Waals surface area contributed by atoms with Crippen LogP contribution in [-0.4, -0.2) is 34.6 Å². The van der Waals surface area contributed by atoms with Crippen molar-refractivity contribution in [2.75, 3.05) is 0 Å². The topological polar surface area (TPSA) is 112 Å². The summed E-state index contributed by atoms with van der Waals surface area (Å²) in [5.41, 5.74) is -1.45. The van der Waals surface area contributed by atoms with Crippen molar-refractivity contribution in [2.45, 2.75) is 25.1 Å². The summed E-state index contributed by atoms with van der Waals surface area (Å²) in [5.74, 6) is -2.27. The molecule has 1 N–H and O–H groups in total. The van der Waals surface area contributed by atoms with Crippen LogP contribution in [0, 0.1) is 21.7 Å². The third-order valence-corrected chi connectivity index (χ3v) is 5.63. The van der Waals surface area contributed by atoms with Crippen LogP contribution in [-0.2, 0) is 12.1 Å². The van der Waals surface area contributed by atoms with Gasteiger partial charge < -0.3 is 15.2 Å². The van der Waals surface area contributed by atoms with Crippen molar-refractivity contribution in [3.05, 3.63) is 93.5 Å². The van der Waals surface area contributed by atoms with E-state index >= 15 is 0 Å². The normalized spacial score (nSPS) is 14.1. The molecular formula is C21H17ClF2N6O3. The first-order valence-corrected chi connectivity index (χ1v) is 10.1. The maximum atomic E-state index is 14.9. The molecule has 33 heavy (non-hydrogen) atoms. The van der Waals surface area contributed by atoms with Crippen molar-refractivity contribution in [3.63, 3.8) is 0 Å². The molecule has 0 aliphatic heterocycles. The van der Waals surface area contributed by atoms with Gasteiger partial charge in [0.2, 0.25) is 0 Å². The Bertz CT molecular complexity index is 1300. The fourth-order valence-electron chi connectivity index (χ4n) is 3.65. The number of halogens is 3. The van der Waals surface area contributed by atoms with Crippen molar-refractivity contribution in [2.24, 2.45) is 0 Å². The Hall–Kier alpha value is -3.70. The van der Waals surface area contributed by atoms with Gasteiger partial charge in [0.25, 0.3) is 0 Å². The maximum Gasteiger partial charge on any atom is 0.390 e. The van der Waals surface area contributed by atoms with Gasteiger partial charge in [-0.2, -0.15) is 9.78 Å². The Morgan fingerprint density at radius 2 is 1.94 bits per heavy atom. The Morgan fingerprint density at radius 1 is 1.21 bits per heavy atom. The fraction of sp³-hybridized carbons (Fsp3) is 0.190. The number of benzene rings is 2. The van der Waals surface area contributed by atoms with Gasteiger partial charge in [-0.25, -0.2) is 18.4 Å². The summed E-state index contributed by atoms with van der Waals surface area (Å²) in [7, 11) is 0. The van der Waals surface area contributed by atoms with Crippen LogP contribution in [0.3, 0.4) is 0 Å². The van der Waals surface area contributed by atoms with E-state index in [1.54, 1.807) is 24.3 Å². The third kappa shape index (κ3) is 4.32. The van der Waals surface area contributed by atoms with E-state index in [-0.39, 0.29) is 12.1 Å². The van der Waals surface area contributed by atoms with Crippen LogP contribution in [0.15, 0.2) is 61.2 Å². The van der Waals surface area contributed by atoms with Gasteiger partial charge in [-0.3, -0.25) is 0 Å². The highest BCUT2D eigenvalue weighted by Crippen LogP contribution is 2.39. The molecule has 0 saturated carbocycles. The average molecular weight is 475 g/mol. The van der Waals surface area contributed by atoms with Crippen molar-refractivity contribution in [3.8, 4) is 11.3 Å². The fourth-order valence-corrected chi connectivity index (χ4v) is 3.77. The summed E-state index contributed by atoms with van der Waals surface area (Å²) in [4.78, 5) is 14.6. The van der Waals surface area contributed by atoms with Crippen LogP contribution < -0.4 is 0 Å². The molecule has 2 heterocycles. The lowest BCUT2D eigenvalue weighted by molar-refractivity contribution is -0.389. The summed E-state index contributed by atoms with van der Waals surface area (Å²) in [6.45, 7) is 1.24. The largest absolute Gasteiger partial charge is 0.390 e. The Balaban J connectivity index is 1.89.